The Labute approximate surface area is 105 Å². The maximum atomic E-state index is 12.1. The first-order valence-corrected chi connectivity index (χ1v) is 6.84. The highest BCUT2D eigenvalue weighted by molar-refractivity contribution is 7.10. The number of thiophene rings is 1. The zero-order chi connectivity index (χ0) is 12.4. The molecule has 0 radical (unpaired) electrons. The van der Waals surface area contributed by atoms with Gasteiger partial charge >= 0.3 is 0 Å². The smallest absolute Gasteiger partial charge is 0.228 e. The lowest BCUT2D eigenvalue weighted by atomic mass is 9.87. The van der Waals surface area contributed by atoms with Crippen molar-refractivity contribution in [2.45, 2.75) is 45.1 Å². The topological polar surface area (TPSA) is 46.2 Å². The molecule has 1 aliphatic rings. The standard InChI is InChI=1S/C13H17NO2S/c1-8(9(2)15)14-13(16)11-4-3-5-12-10(11)6-7-17-12/h6-8,11H,3-5H2,1-2H3,(H,14,16). The molecule has 1 heterocycles. The van der Waals surface area contributed by atoms with Crippen molar-refractivity contribution in [1.82, 2.24) is 5.32 Å². The summed E-state index contributed by atoms with van der Waals surface area (Å²) in [4.78, 5) is 24.6. The van der Waals surface area contributed by atoms with Crippen LogP contribution in [0.5, 0.6) is 0 Å². The number of rotatable bonds is 3. The van der Waals surface area contributed by atoms with E-state index in [0.29, 0.717) is 0 Å². The van der Waals surface area contributed by atoms with Gasteiger partial charge in [-0.1, -0.05) is 0 Å². The molecule has 2 atom stereocenters. The Balaban J connectivity index is 2.09. The van der Waals surface area contributed by atoms with E-state index in [9.17, 15) is 9.59 Å². The molecule has 0 spiro atoms. The van der Waals surface area contributed by atoms with Gasteiger partial charge in [-0.2, -0.15) is 0 Å². The molecule has 0 saturated heterocycles. The van der Waals surface area contributed by atoms with E-state index in [4.69, 9.17) is 0 Å². The Kier molecular flexibility index (Phi) is 3.62. The summed E-state index contributed by atoms with van der Waals surface area (Å²) in [6, 6.07) is 1.66. The molecule has 4 heteroatoms. The fraction of sp³-hybridized carbons (Fsp3) is 0.538. The molecule has 0 aromatic carbocycles. The number of aryl methyl sites for hydroxylation is 1. The summed E-state index contributed by atoms with van der Waals surface area (Å²) < 4.78 is 0. The quantitative estimate of drug-likeness (QED) is 0.895. The Hall–Kier alpha value is -1.16. The van der Waals surface area contributed by atoms with Crippen LogP contribution in [0.2, 0.25) is 0 Å². The Morgan fingerprint density at radius 1 is 1.53 bits per heavy atom. The van der Waals surface area contributed by atoms with Crippen molar-refractivity contribution >= 4 is 23.0 Å². The molecule has 3 nitrogen and oxygen atoms in total. The number of carbonyl (C=O) groups excluding carboxylic acids is 2. The Morgan fingerprint density at radius 3 is 3.00 bits per heavy atom. The predicted octanol–water partition coefficient (Wildman–Crippen LogP) is 2.26. The minimum absolute atomic E-state index is 0.000276. The van der Waals surface area contributed by atoms with Gasteiger partial charge in [-0.25, -0.2) is 0 Å². The molecule has 0 aliphatic heterocycles. The molecule has 1 N–H and O–H groups in total. The zero-order valence-electron chi connectivity index (χ0n) is 10.2. The monoisotopic (exact) mass is 251 g/mol. The van der Waals surface area contributed by atoms with Crippen LogP contribution in [0.3, 0.4) is 0 Å². The van der Waals surface area contributed by atoms with Crippen molar-refractivity contribution in [2.24, 2.45) is 0 Å². The minimum atomic E-state index is -0.383. The van der Waals surface area contributed by atoms with Crippen LogP contribution in [-0.4, -0.2) is 17.7 Å². The Bertz CT molecular complexity index is 438. The van der Waals surface area contributed by atoms with Crippen LogP contribution < -0.4 is 5.32 Å². The van der Waals surface area contributed by atoms with Crippen LogP contribution in [0.15, 0.2) is 11.4 Å². The van der Waals surface area contributed by atoms with Crippen molar-refractivity contribution in [3.8, 4) is 0 Å². The van der Waals surface area contributed by atoms with Crippen LogP contribution in [0.25, 0.3) is 0 Å². The van der Waals surface area contributed by atoms with Crippen LogP contribution in [-0.2, 0) is 16.0 Å². The molecule has 92 valence electrons. The summed E-state index contributed by atoms with van der Waals surface area (Å²) in [6.45, 7) is 3.24. The number of Topliss-reactive ketones (excluding diaryl/α,β-unsaturated/α-hetero) is 1. The third kappa shape index (κ3) is 2.57. The summed E-state index contributed by atoms with van der Waals surface area (Å²) in [7, 11) is 0. The van der Waals surface area contributed by atoms with Gasteiger partial charge in [0.05, 0.1) is 12.0 Å². The van der Waals surface area contributed by atoms with Crippen LogP contribution >= 0.6 is 11.3 Å². The van der Waals surface area contributed by atoms with E-state index < -0.39 is 0 Å². The third-order valence-corrected chi connectivity index (χ3v) is 4.33. The highest BCUT2D eigenvalue weighted by Crippen LogP contribution is 2.34. The first-order chi connectivity index (χ1) is 8.09. The Morgan fingerprint density at radius 2 is 2.29 bits per heavy atom. The number of amides is 1. The lowest BCUT2D eigenvalue weighted by Gasteiger charge is -2.23. The number of carbonyl (C=O) groups is 2. The lowest BCUT2D eigenvalue weighted by Crippen LogP contribution is -2.40. The summed E-state index contributed by atoms with van der Waals surface area (Å²) >= 11 is 1.72. The van der Waals surface area contributed by atoms with Crippen molar-refractivity contribution in [3.05, 3.63) is 21.9 Å². The second-order valence-electron chi connectivity index (χ2n) is 4.58. The third-order valence-electron chi connectivity index (χ3n) is 3.34. The van der Waals surface area contributed by atoms with Gasteiger partial charge in [0.15, 0.2) is 5.78 Å². The van der Waals surface area contributed by atoms with E-state index in [1.807, 2.05) is 11.4 Å². The molecule has 1 amide bonds. The van der Waals surface area contributed by atoms with E-state index in [0.717, 1.165) is 24.8 Å². The molecule has 2 unspecified atom stereocenters. The second-order valence-corrected chi connectivity index (χ2v) is 5.59. The van der Waals surface area contributed by atoms with Gasteiger partial charge in [-0.15, -0.1) is 11.3 Å². The van der Waals surface area contributed by atoms with Gasteiger partial charge < -0.3 is 5.32 Å². The molecular weight excluding hydrogens is 234 g/mol. The van der Waals surface area contributed by atoms with Gasteiger partial charge in [0.1, 0.15) is 0 Å². The van der Waals surface area contributed by atoms with E-state index in [1.165, 1.54) is 11.8 Å². The van der Waals surface area contributed by atoms with Crippen molar-refractivity contribution in [3.63, 3.8) is 0 Å². The van der Waals surface area contributed by atoms with Gasteiger partial charge in [0.2, 0.25) is 5.91 Å². The fourth-order valence-electron chi connectivity index (χ4n) is 2.17. The maximum absolute atomic E-state index is 12.1. The summed E-state index contributed by atoms with van der Waals surface area (Å²) in [5.74, 6) is -0.0708. The van der Waals surface area contributed by atoms with E-state index in [1.54, 1.807) is 18.3 Å². The number of nitrogens with one attached hydrogen (secondary N) is 1. The number of hydrogen-bond acceptors (Lipinski definition) is 3. The van der Waals surface area contributed by atoms with Crippen LogP contribution in [0, 0.1) is 0 Å². The second kappa shape index (κ2) is 5.00. The van der Waals surface area contributed by atoms with E-state index in [-0.39, 0.29) is 23.7 Å². The molecule has 1 aromatic rings. The number of hydrogen-bond donors (Lipinski definition) is 1. The number of fused-ring (bicyclic) bond motifs is 1. The van der Waals surface area contributed by atoms with Gasteiger partial charge in [0.25, 0.3) is 0 Å². The fourth-order valence-corrected chi connectivity index (χ4v) is 3.16. The molecule has 2 rings (SSSR count). The van der Waals surface area contributed by atoms with E-state index >= 15 is 0 Å². The highest BCUT2D eigenvalue weighted by atomic mass is 32.1. The van der Waals surface area contributed by atoms with Crippen molar-refractivity contribution in [1.29, 1.82) is 0 Å². The predicted molar refractivity (Wildman–Crippen MR) is 68.3 cm³/mol. The molecular formula is C13H17NO2S. The molecule has 17 heavy (non-hydrogen) atoms. The minimum Gasteiger partial charge on any atom is -0.346 e. The zero-order valence-corrected chi connectivity index (χ0v) is 11.0. The van der Waals surface area contributed by atoms with Crippen LogP contribution in [0.1, 0.15) is 43.0 Å². The molecule has 0 fully saturated rings. The average Bonchev–Trinajstić information content (AvgIpc) is 2.76. The molecule has 0 bridgehead atoms. The maximum Gasteiger partial charge on any atom is 0.228 e. The normalized spacial score (nSPS) is 20.5. The molecule has 1 aliphatic carbocycles. The van der Waals surface area contributed by atoms with Gasteiger partial charge in [0, 0.05) is 4.88 Å². The first-order valence-electron chi connectivity index (χ1n) is 5.96. The first kappa shape index (κ1) is 12.3. The largest absolute Gasteiger partial charge is 0.346 e. The van der Waals surface area contributed by atoms with E-state index in [2.05, 4.69) is 5.32 Å². The van der Waals surface area contributed by atoms with Gasteiger partial charge in [-0.3, -0.25) is 9.59 Å². The van der Waals surface area contributed by atoms with Gasteiger partial charge in [-0.05, 0) is 50.1 Å². The van der Waals surface area contributed by atoms with Crippen molar-refractivity contribution < 1.29 is 9.59 Å². The highest BCUT2D eigenvalue weighted by Gasteiger charge is 2.28. The molecule has 1 aromatic heterocycles. The van der Waals surface area contributed by atoms with Crippen LogP contribution in [0.4, 0.5) is 0 Å². The summed E-state index contributed by atoms with van der Waals surface area (Å²) in [6.07, 6.45) is 3.03. The SMILES string of the molecule is CC(=O)C(C)NC(=O)C1CCCc2sccc21. The average molecular weight is 251 g/mol. The van der Waals surface area contributed by atoms with Crippen molar-refractivity contribution in [2.75, 3.05) is 0 Å². The summed E-state index contributed by atoms with van der Waals surface area (Å²) in [5.41, 5.74) is 1.16. The summed E-state index contributed by atoms with van der Waals surface area (Å²) in [5, 5.41) is 4.84. The lowest BCUT2D eigenvalue weighted by molar-refractivity contribution is -0.127. The molecule has 0 saturated carbocycles. The number of ketones is 1.